The third-order valence-corrected chi connectivity index (χ3v) is 9.43. The largest absolute Gasteiger partial charge is 0.508 e. The number of fused-ring (bicyclic) bond motifs is 3. The highest BCUT2D eigenvalue weighted by Gasteiger charge is 2.67. The zero-order valence-electron chi connectivity index (χ0n) is 25.3. The molecular formula is C35H35N3O8. The van der Waals surface area contributed by atoms with Crippen LogP contribution in [0.3, 0.4) is 0 Å². The van der Waals surface area contributed by atoms with Crippen molar-refractivity contribution in [3.8, 4) is 5.75 Å². The van der Waals surface area contributed by atoms with Gasteiger partial charge < -0.3 is 36.2 Å². The van der Waals surface area contributed by atoms with Gasteiger partial charge in [-0.15, -0.1) is 0 Å². The summed E-state index contributed by atoms with van der Waals surface area (Å²) in [4.78, 5) is 43.0. The fraction of sp³-hybridized carbons (Fsp3) is 0.286. The highest BCUT2D eigenvalue weighted by molar-refractivity contribution is 6.24. The first-order chi connectivity index (χ1) is 21.9. The average molecular weight is 626 g/mol. The van der Waals surface area contributed by atoms with E-state index >= 15 is 0 Å². The van der Waals surface area contributed by atoms with Crippen LogP contribution in [0, 0.1) is 11.8 Å². The molecule has 0 radical (unpaired) electrons. The van der Waals surface area contributed by atoms with Crippen LogP contribution < -0.4 is 10.6 Å². The molecule has 0 unspecified atom stereocenters. The fourth-order valence-electron chi connectivity index (χ4n) is 7.31. The molecule has 1 saturated carbocycles. The van der Waals surface area contributed by atoms with Crippen molar-refractivity contribution in [3.63, 3.8) is 0 Å². The molecule has 7 N–H and O–H groups in total. The number of rotatable bonds is 7. The van der Waals surface area contributed by atoms with E-state index < -0.39 is 69.7 Å². The Morgan fingerprint density at radius 2 is 1.48 bits per heavy atom. The third kappa shape index (κ3) is 4.66. The second-order valence-electron chi connectivity index (χ2n) is 12.3. The molecule has 11 nitrogen and oxygen atoms in total. The van der Waals surface area contributed by atoms with Gasteiger partial charge in [-0.3, -0.25) is 19.3 Å². The predicted molar refractivity (Wildman–Crippen MR) is 168 cm³/mol. The van der Waals surface area contributed by atoms with Gasteiger partial charge in [-0.05, 0) is 43.3 Å². The van der Waals surface area contributed by atoms with Crippen LogP contribution in [0.15, 0.2) is 89.7 Å². The van der Waals surface area contributed by atoms with Crippen LogP contribution in [-0.4, -0.2) is 79.7 Å². The van der Waals surface area contributed by atoms with E-state index in [1.807, 2.05) is 65.6 Å². The maximum atomic E-state index is 14.2. The number of anilines is 1. The molecule has 0 bridgehead atoms. The maximum Gasteiger partial charge on any atom is 0.255 e. The van der Waals surface area contributed by atoms with Crippen LogP contribution in [0.5, 0.6) is 5.75 Å². The minimum absolute atomic E-state index is 0.0269. The molecule has 238 valence electrons. The zero-order valence-corrected chi connectivity index (χ0v) is 25.3. The first kappa shape index (κ1) is 31.0. The first-order valence-corrected chi connectivity index (χ1v) is 14.9. The number of likely N-dealkylation sites (N-methyl/N-ethyl adjacent to an activating group) is 1. The molecule has 3 aromatic carbocycles. The molecule has 3 aromatic rings. The summed E-state index contributed by atoms with van der Waals surface area (Å²) in [6.07, 6.45) is -1.66. The molecule has 5 atom stereocenters. The monoisotopic (exact) mass is 625 g/mol. The van der Waals surface area contributed by atoms with E-state index in [1.54, 1.807) is 12.1 Å². The van der Waals surface area contributed by atoms with E-state index in [1.165, 1.54) is 19.0 Å². The number of primary amides is 1. The smallest absolute Gasteiger partial charge is 0.255 e. The van der Waals surface area contributed by atoms with Crippen LogP contribution in [0.25, 0.3) is 5.76 Å². The second-order valence-corrected chi connectivity index (χ2v) is 12.3. The average Bonchev–Trinajstić information content (AvgIpc) is 3.01. The normalized spacial score (nSPS) is 25.7. The van der Waals surface area contributed by atoms with Gasteiger partial charge in [0.2, 0.25) is 5.78 Å². The Labute approximate surface area is 265 Å². The summed E-state index contributed by atoms with van der Waals surface area (Å²) in [7, 11) is 2.94. The number of aromatic hydroxyl groups is 1. The number of aliphatic hydroxyl groups excluding tert-OH is 3. The molecule has 0 saturated heterocycles. The number of phenols is 1. The van der Waals surface area contributed by atoms with Gasteiger partial charge in [-0.1, -0.05) is 66.7 Å². The lowest BCUT2D eigenvalue weighted by Crippen LogP contribution is -2.70. The maximum absolute atomic E-state index is 14.2. The summed E-state index contributed by atoms with van der Waals surface area (Å²) in [6, 6.07) is 21.3. The van der Waals surface area contributed by atoms with Crippen LogP contribution in [0.1, 0.15) is 22.3 Å². The SMILES string of the molecule is CN(C)[C@H]1C(=O)C(C(N)=O)=C(O)[C@]2(O)C(=O)C3=C(O)c4c(ccc(N(Cc5ccccc5)Cc5ccccc5)c4O)C[C@@H]3[C@@H](O)[C@H]12. The van der Waals surface area contributed by atoms with E-state index in [2.05, 4.69) is 0 Å². The fourth-order valence-corrected chi connectivity index (χ4v) is 7.31. The summed E-state index contributed by atoms with van der Waals surface area (Å²) >= 11 is 0. The molecule has 3 aliphatic carbocycles. The van der Waals surface area contributed by atoms with Crippen molar-refractivity contribution in [1.82, 2.24) is 4.90 Å². The Kier molecular flexibility index (Phi) is 7.71. The number of nitrogens with two attached hydrogens (primary N) is 1. The van der Waals surface area contributed by atoms with Crippen LogP contribution >= 0.6 is 0 Å². The molecule has 11 heteroatoms. The van der Waals surface area contributed by atoms with Gasteiger partial charge >= 0.3 is 0 Å². The number of aliphatic hydroxyl groups is 4. The lowest BCUT2D eigenvalue weighted by Gasteiger charge is -2.52. The number of hydrogen-bond donors (Lipinski definition) is 6. The van der Waals surface area contributed by atoms with E-state index in [4.69, 9.17) is 5.73 Å². The van der Waals surface area contributed by atoms with Gasteiger partial charge in [0.15, 0.2) is 11.4 Å². The Morgan fingerprint density at radius 1 is 0.913 bits per heavy atom. The highest BCUT2D eigenvalue weighted by Crippen LogP contribution is 2.53. The quantitative estimate of drug-likeness (QED) is 0.213. The molecule has 1 fully saturated rings. The van der Waals surface area contributed by atoms with Crippen molar-refractivity contribution in [1.29, 1.82) is 0 Å². The van der Waals surface area contributed by atoms with Gasteiger partial charge in [-0.25, -0.2) is 0 Å². The topological polar surface area (TPSA) is 185 Å². The minimum atomic E-state index is -2.95. The van der Waals surface area contributed by atoms with Gasteiger partial charge in [-0.2, -0.15) is 0 Å². The number of amides is 1. The molecule has 6 rings (SSSR count). The van der Waals surface area contributed by atoms with Crippen molar-refractivity contribution >= 4 is 28.9 Å². The van der Waals surface area contributed by atoms with Crippen LogP contribution in [0.4, 0.5) is 5.69 Å². The van der Waals surface area contributed by atoms with Gasteiger partial charge in [0, 0.05) is 24.6 Å². The number of phenolic OH excluding ortho intramolecular Hbond substituents is 1. The first-order valence-electron chi connectivity index (χ1n) is 14.9. The molecule has 1 amide bonds. The summed E-state index contributed by atoms with van der Waals surface area (Å²) < 4.78 is 0. The number of nitrogens with zero attached hydrogens (tertiary/aromatic N) is 2. The number of Topliss-reactive ketones (excluding diaryl/α,β-unsaturated/α-hetero) is 2. The van der Waals surface area contributed by atoms with Crippen LogP contribution in [0.2, 0.25) is 0 Å². The van der Waals surface area contributed by atoms with Crippen LogP contribution in [-0.2, 0) is 33.9 Å². The van der Waals surface area contributed by atoms with E-state index in [-0.39, 0.29) is 17.7 Å². The highest BCUT2D eigenvalue weighted by atomic mass is 16.4. The second kappa shape index (κ2) is 11.4. The predicted octanol–water partition coefficient (Wildman–Crippen LogP) is 2.14. The van der Waals surface area contributed by atoms with E-state index in [0.29, 0.717) is 24.3 Å². The molecular weight excluding hydrogens is 590 g/mol. The van der Waals surface area contributed by atoms with Crippen molar-refractivity contribution in [2.24, 2.45) is 17.6 Å². The minimum Gasteiger partial charge on any atom is -0.508 e. The number of carbonyl (C=O) groups is 3. The Balaban J connectivity index is 1.50. The summed E-state index contributed by atoms with van der Waals surface area (Å²) in [5, 5.41) is 58.1. The van der Waals surface area contributed by atoms with Crippen molar-refractivity contribution < 1.29 is 39.9 Å². The molecule has 0 aromatic heterocycles. The molecule has 46 heavy (non-hydrogen) atoms. The van der Waals surface area contributed by atoms with Gasteiger partial charge in [0.25, 0.3) is 5.91 Å². The number of carbonyl (C=O) groups excluding carboxylic acids is 3. The molecule has 0 aliphatic heterocycles. The third-order valence-electron chi connectivity index (χ3n) is 9.43. The number of benzene rings is 3. The molecule has 0 heterocycles. The van der Waals surface area contributed by atoms with Gasteiger partial charge in [0.1, 0.15) is 22.8 Å². The van der Waals surface area contributed by atoms with Gasteiger partial charge in [0.05, 0.1) is 29.3 Å². The Morgan fingerprint density at radius 3 is 2.00 bits per heavy atom. The summed E-state index contributed by atoms with van der Waals surface area (Å²) in [5.41, 5.74) is 3.74. The zero-order chi connectivity index (χ0) is 33.1. The number of ketones is 2. The lowest BCUT2D eigenvalue weighted by molar-refractivity contribution is -0.168. The Hall–Kier alpha value is -4.97. The standard InChI is InChI=1S/C35H35N3O8/c1-37(2)27-26-28(39)21-15-20-13-14-22(38(16-18-9-5-3-6-10-18)17-19-11-7-4-8-12-19)29(40)23(20)30(41)24(21)32(43)35(26,46)33(44)25(31(27)42)34(36)45/h3-14,21,26-28,39-41,44,46H,15-17H2,1-2H3,(H2,36,45)/t21-,26-,27+,28+,35+/m0/s1. The lowest BCUT2D eigenvalue weighted by atomic mass is 9.56. The van der Waals surface area contributed by atoms with Crippen molar-refractivity contribution in [2.75, 3.05) is 19.0 Å². The number of hydrogen-bond acceptors (Lipinski definition) is 10. The van der Waals surface area contributed by atoms with Crippen molar-refractivity contribution in [3.05, 3.63) is 112 Å². The van der Waals surface area contributed by atoms with Crippen molar-refractivity contribution in [2.45, 2.75) is 37.3 Å². The molecule has 3 aliphatic rings. The van der Waals surface area contributed by atoms with E-state index in [0.717, 1.165) is 11.1 Å². The summed E-state index contributed by atoms with van der Waals surface area (Å²) in [5.74, 6) is -8.43. The summed E-state index contributed by atoms with van der Waals surface area (Å²) in [6.45, 7) is 0.797. The van der Waals surface area contributed by atoms with E-state index in [9.17, 15) is 39.9 Å². The Bertz CT molecular complexity index is 1760. The molecule has 0 spiro atoms.